The van der Waals surface area contributed by atoms with Gasteiger partial charge in [0, 0.05) is 18.2 Å². The van der Waals surface area contributed by atoms with Crippen molar-refractivity contribution >= 4 is 5.91 Å². The van der Waals surface area contributed by atoms with Crippen molar-refractivity contribution < 1.29 is 23.1 Å². The van der Waals surface area contributed by atoms with Crippen molar-refractivity contribution in [3.8, 4) is 0 Å². The molecule has 0 spiro atoms. The van der Waals surface area contributed by atoms with E-state index < -0.39 is 23.8 Å². The topological polar surface area (TPSA) is 78.0 Å². The summed E-state index contributed by atoms with van der Waals surface area (Å²) in [4.78, 5) is 12.0. The van der Waals surface area contributed by atoms with Crippen molar-refractivity contribution in [2.24, 2.45) is 0 Å². The third-order valence-corrected chi connectivity index (χ3v) is 3.93. The van der Waals surface area contributed by atoms with E-state index in [-0.39, 0.29) is 17.8 Å². The number of rotatable bonds is 5. The zero-order valence-corrected chi connectivity index (χ0v) is 12.6. The molecule has 3 rings (SSSR count). The number of alkyl halides is 3. The number of aliphatic hydroxyl groups is 1. The minimum atomic E-state index is -4.57. The van der Waals surface area contributed by atoms with Crippen LogP contribution >= 0.6 is 0 Å². The summed E-state index contributed by atoms with van der Waals surface area (Å²) >= 11 is 0. The van der Waals surface area contributed by atoms with Crippen molar-refractivity contribution in [1.29, 1.82) is 0 Å². The fourth-order valence-electron chi connectivity index (χ4n) is 2.49. The van der Waals surface area contributed by atoms with E-state index >= 15 is 0 Å². The molecule has 8 heteroatoms. The molecule has 0 aliphatic heterocycles. The first-order chi connectivity index (χ1) is 11.4. The third kappa shape index (κ3) is 3.59. The van der Waals surface area contributed by atoms with E-state index in [0.717, 1.165) is 24.6 Å². The molecule has 1 aliphatic carbocycles. The molecule has 0 unspecified atom stereocenters. The molecular formula is C16H16F3N3O2. The highest BCUT2D eigenvalue weighted by atomic mass is 19.4. The quantitative estimate of drug-likeness (QED) is 0.784. The standard InChI is InChI=1S/C16H16F3N3O2/c17-16(18,19)11-4-2-1-3-10(11)14(23)8-20-15(24)13-7-12(21-22-13)9-5-6-9/h1-4,7,9,14,23H,5-6,8H2,(H,20,24)(H,21,22)/t14-/m1/s1. The number of aromatic nitrogens is 2. The van der Waals surface area contributed by atoms with Crippen LogP contribution in [0, 0.1) is 0 Å². The first-order valence-electron chi connectivity index (χ1n) is 7.54. The predicted molar refractivity (Wildman–Crippen MR) is 79.3 cm³/mol. The molecule has 1 heterocycles. The van der Waals surface area contributed by atoms with Crippen LogP contribution in [0.5, 0.6) is 0 Å². The number of carbonyl (C=O) groups is 1. The van der Waals surface area contributed by atoms with Gasteiger partial charge in [0.05, 0.1) is 11.7 Å². The van der Waals surface area contributed by atoms with Gasteiger partial charge < -0.3 is 10.4 Å². The molecule has 24 heavy (non-hydrogen) atoms. The maximum Gasteiger partial charge on any atom is 0.416 e. The van der Waals surface area contributed by atoms with Gasteiger partial charge in [-0.1, -0.05) is 18.2 Å². The molecule has 128 valence electrons. The van der Waals surface area contributed by atoms with Crippen molar-refractivity contribution in [2.75, 3.05) is 6.54 Å². The molecular weight excluding hydrogens is 323 g/mol. The van der Waals surface area contributed by atoms with Gasteiger partial charge >= 0.3 is 6.18 Å². The minimum Gasteiger partial charge on any atom is -0.387 e. The van der Waals surface area contributed by atoms with Crippen LogP contribution in [0.3, 0.4) is 0 Å². The molecule has 1 aliphatic rings. The smallest absolute Gasteiger partial charge is 0.387 e. The number of nitrogens with one attached hydrogen (secondary N) is 2. The van der Waals surface area contributed by atoms with Crippen LogP contribution in [-0.2, 0) is 6.18 Å². The summed E-state index contributed by atoms with van der Waals surface area (Å²) in [6.07, 6.45) is -3.93. The van der Waals surface area contributed by atoms with Crippen LogP contribution in [0.25, 0.3) is 0 Å². The number of benzene rings is 1. The van der Waals surface area contributed by atoms with Crippen molar-refractivity contribution in [1.82, 2.24) is 15.5 Å². The Bertz CT molecular complexity index is 738. The Kier molecular flexibility index (Phi) is 4.31. The zero-order valence-electron chi connectivity index (χ0n) is 12.6. The van der Waals surface area contributed by atoms with Gasteiger partial charge in [0.25, 0.3) is 5.91 Å². The van der Waals surface area contributed by atoms with Crippen molar-refractivity contribution in [3.05, 3.63) is 52.8 Å². The second-order valence-electron chi connectivity index (χ2n) is 5.79. The van der Waals surface area contributed by atoms with Crippen molar-refractivity contribution in [3.63, 3.8) is 0 Å². The monoisotopic (exact) mass is 339 g/mol. The van der Waals surface area contributed by atoms with Crippen LogP contribution in [0.4, 0.5) is 13.2 Å². The molecule has 2 aromatic rings. The number of hydrogen-bond donors (Lipinski definition) is 3. The van der Waals surface area contributed by atoms with E-state index in [1.165, 1.54) is 18.2 Å². The Balaban J connectivity index is 1.64. The number of amides is 1. The van der Waals surface area contributed by atoms with Gasteiger partial charge in [-0.15, -0.1) is 0 Å². The summed E-state index contributed by atoms with van der Waals surface area (Å²) in [6, 6.07) is 6.38. The summed E-state index contributed by atoms with van der Waals surface area (Å²) in [5.41, 5.74) is -0.148. The Morgan fingerprint density at radius 2 is 2.08 bits per heavy atom. The lowest BCUT2D eigenvalue weighted by atomic mass is 10.0. The van der Waals surface area contributed by atoms with Crippen LogP contribution in [0.15, 0.2) is 30.3 Å². The highest BCUT2D eigenvalue weighted by Gasteiger charge is 2.34. The van der Waals surface area contributed by atoms with Crippen LogP contribution in [0.1, 0.15) is 52.2 Å². The average molecular weight is 339 g/mol. The van der Waals surface area contributed by atoms with E-state index in [2.05, 4.69) is 15.5 Å². The van der Waals surface area contributed by atoms with Crippen LogP contribution in [-0.4, -0.2) is 27.8 Å². The zero-order chi connectivity index (χ0) is 17.3. The normalized spacial score (nSPS) is 16.0. The Labute approximate surface area is 135 Å². The Hall–Kier alpha value is -2.35. The molecule has 3 N–H and O–H groups in total. The molecule has 0 saturated heterocycles. The summed E-state index contributed by atoms with van der Waals surface area (Å²) in [7, 11) is 0. The molecule has 5 nitrogen and oxygen atoms in total. The van der Waals surface area contributed by atoms with E-state index in [4.69, 9.17) is 0 Å². The molecule has 0 radical (unpaired) electrons. The Morgan fingerprint density at radius 1 is 1.38 bits per heavy atom. The highest BCUT2D eigenvalue weighted by Crippen LogP contribution is 2.39. The van der Waals surface area contributed by atoms with Crippen LogP contribution in [0.2, 0.25) is 0 Å². The van der Waals surface area contributed by atoms with Gasteiger partial charge in [-0.3, -0.25) is 9.89 Å². The average Bonchev–Trinajstić information content (AvgIpc) is 3.28. The second kappa shape index (κ2) is 6.27. The first kappa shape index (κ1) is 16.5. The third-order valence-electron chi connectivity index (χ3n) is 3.93. The minimum absolute atomic E-state index is 0.160. The lowest BCUT2D eigenvalue weighted by Gasteiger charge is -2.17. The molecule has 1 aromatic heterocycles. The van der Waals surface area contributed by atoms with E-state index in [1.807, 2.05) is 0 Å². The fourth-order valence-corrected chi connectivity index (χ4v) is 2.49. The number of halogens is 3. The summed E-state index contributed by atoms with van der Waals surface area (Å²) in [6.45, 7) is -0.336. The number of aromatic amines is 1. The molecule has 0 bridgehead atoms. The van der Waals surface area contributed by atoms with Gasteiger partial charge in [-0.25, -0.2) is 0 Å². The number of hydrogen-bond acceptors (Lipinski definition) is 3. The fraction of sp³-hybridized carbons (Fsp3) is 0.375. The summed E-state index contributed by atoms with van der Waals surface area (Å²) in [5, 5.41) is 19.1. The maximum atomic E-state index is 12.9. The van der Waals surface area contributed by atoms with Crippen LogP contribution < -0.4 is 5.32 Å². The Morgan fingerprint density at radius 3 is 2.75 bits per heavy atom. The molecule has 1 amide bonds. The van der Waals surface area contributed by atoms with E-state index in [1.54, 1.807) is 6.07 Å². The van der Waals surface area contributed by atoms with Gasteiger partial charge in [0.1, 0.15) is 5.69 Å². The summed E-state index contributed by atoms with van der Waals surface area (Å²) < 4.78 is 38.8. The largest absolute Gasteiger partial charge is 0.416 e. The highest BCUT2D eigenvalue weighted by molar-refractivity contribution is 5.92. The second-order valence-corrected chi connectivity index (χ2v) is 5.79. The maximum absolute atomic E-state index is 12.9. The van der Waals surface area contributed by atoms with Gasteiger partial charge in [0.2, 0.25) is 0 Å². The molecule has 1 aromatic carbocycles. The number of H-pyrrole nitrogens is 1. The summed E-state index contributed by atoms with van der Waals surface area (Å²) in [5.74, 6) is -0.134. The number of aliphatic hydroxyl groups excluding tert-OH is 1. The predicted octanol–water partition coefficient (Wildman–Crippen LogP) is 2.77. The lowest BCUT2D eigenvalue weighted by molar-refractivity contribution is -0.139. The SMILES string of the molecule is O=C(NC[C@@H](O)c1ccccc1C(F)(F)F)c1cc(C2CC2)[nH]n1. The van der Waals surface area contributed by atoms with E-state index in [0.29, 0.717) is 5.92 Å². The molecule has 1 atom stereocenters. The van der Waals surface area contributed by atoms with E-state index in [9.17, 15) is 23.1 Å². The van der Waals surface area contributed by atoms with Crippen molar-refractivity contribution in [2.45, 2.75) is 31.0 Å². The number of nitrogens with zero attached hydrogens (tertiary/aromatic N) is 1. The molecule has 1 saturated carbocycles. The first-order valence-corrected chi connectivity index (χ1v) is 7.54. The van der Waals surface area contributed by atoms with Gasteiger partial charge in [-0.05, 0) is 30.5 Å². The lowest BCUT2D eigenvalue weighted by Crippen LogP contribution is -2.29. The van der Waals surface area contributed by atoms with Gasteiger partial charge in [-0.2, -0.15) is 18.3 Å². The van der Waals surface area contributed by atoms with Gasteiger partial charge in [0.15, 0.2) is 0 Å². The molecule has 1 fully saturated rings. The number of carbonyl (C=O) groups excluding carboxylic acids is 1.